The van der Waals surface area contributed by atoms with Crippen LogP contribution < -0.4 is 10.9 Å². The van der Waals surface area contributed by atoms with Crippen molar-refractivity contribution in [1.29, 1.82) is 0 Å². The SMILES string of the molecule is Nc1nnc(S(N)(=O)=O)s1.O=C(O)c1cnn2c(C(F)(F)F)cc(-c3ccc(C(F)(F)F)cc3)nc12. The summed E-state index contributed by atoms with van der Waals surface area (Å²) in [5.74, 6) is -1.54. The second kappa shape index (κ2) is 9.32. The summed E-state index contributed by atoms with van der Waals surface area (Å²) in [5, 5.41) is 23.7. The molecular formula is C17H11F6N7O4S2. The van der Waals surface area contributed by atoms with Gasteiger partial charge in [0.15, 0.2) is 11.3 Å². The van der Waals surface area contributed by atoms with Gasteiger partial charge in [0.1, 0.15) is 5.56 Å². The highest BCUT2D eigenvalue weighted by Gasteiger charge is 2.36. The van der Waals surface area contributed by atoms with E-state index in [1.54, 1.807) is 0 Å². The summed E-state index contributed by atoms with van der Waals surface area (Å²) in [7, 11) is -3.72. The van der Waals surface area contributed by atoms with E-state index in [4.69, 9.17) is 16.0 Å². The lowest BCUT2D eigenvalue weighted by atomic mass is 10.1. The topological polar surface area (TPSA) is 179 Å². The first-order chi connectivity index (χ1) is 16.5. The Morgan fingerprint density at radius 1 is 1.03 bits per heavy atom. The molecule has 0 spiro atoms. The maximum Gasteiger partial charge on any atom is 0.433 e. The van der Waals surface area contributed by atoms with E-state index in [9.17, 15) is 39.6 Å². The number of rotatable bonds is 3. The van der Waals surface area contributed by atoms with Crippen LogP contribution in [0.2, 0.25) is 0 Å². The number of aromatic carboxylic acids is 1. The third kappa shape index (κ3) is 5.86. The fourth-order valence-electron chi connectivity index (χ4n) is 2.63. The van der Waals surface area contributed by atoms with Crippen LogP contribution in [0.1, 0.15) is 21.6 Å². The van der Waals surface area contributed by atoms with Crippen molar-refractivity contribution in [3.63, 3.8) is 0 Å². The van der Waals surface area contributed by atoms with Crippen molar-refractivity contribution in [3.05, 3.63) is 53.3 Å². The van der Waals surface area contributed by atoms with E-state index in [1.807, 2.05) is 0 Å². The van der Waals surface area contributed by atoms with Crippen LogP contribution in [0.5, 0.6) is 0 Å². The number of primary sulfonamides is 1. The van der Waals surface area contributed by atoms with E-state index < -0.39 is 50.8 Å². The Kier molecular flexibility index (Phi) is 6.92. The van der Waals surface area contributed by atoms with Crippen LogP contribution in [-0.2, 0) is 22.4 Å². The monoisotopic (exact) mass is 555 g/mol. The number of anilines is 1. The second-order valence-corrected chi connectivity index (χ2v) is 9.39. The average molecular weight is 555 g/mol. The van der Waals surface area contributed by atoms with Gasteiger partial charge >= 0.3 is 18.3 Å². The minimum absolute atomic E-state index is 0.0384. The molecule has 0 aliphatic heterocycles. The van der Waals surface area contributed by atoms with E-state index in [2.05, 4.69) is 20.3 Å². The number of carbonyl (C=O) groups is 1. The highest BCUT2D eigenvalue weighted by Crippen LogP contribution is 2.34. The lowest BCUT2D eigenvalue weighted by Crippen LogP contribution is -2.14. The van der Waals surface area contributed by atoms with Crippen LogP contribution in [0.15, 0.2) is 40.9 Å². The highest BCUT2D eigenvalue weighted by molar-refractivity contribution is 7.91. The minimum atomic E-state index is -4.89. The molecule has 0 saturated heterocycles. The molecule has 192 valence electrons. The molecule has 5 N–H and O–H groups in total. The summed E-state index contributed by atoms with van der Waals surface area (Å²) >= 11 is 0.737. The van der Waals surface area contributed by atoms with Crippen molar-refractivity contribution >= 4 is 38.1 Å². The Labute approximate surface area is 200 Å². The van der Waals surface area contributed by atoms with Gasteiger partial charge in [0.05, 0.1) is 17.5 Å². The maximum absolute atomic E-state index is 13.3. The number of nitrogens with zero attached hydrogens (tertiary/aromatic N) is 5. The van der Waals surface area contributed by atoms with Gasteiger partial charge < -0.3 is 10.8 Å². The standard InChI is InChI=1S/C15H7F6N3O2.C2H4N4O2S2/c16-14(17,18)8-3-1-7(2-4-8)10-5-11(15(19,20)21)24-12(23-10)9(6-22-24)13(25)26;3-1-5-6-2(9-1)10(4,7)8/h1-6H,(H,25,26);(H2,3,5)(H2,4,7,8). The minimum Gasteiger partial charge on any atom is -0.477 e. The zero-order valence-corrected chi connectivity index (χ0v) is 18.7. The first-order valence-corrected chi connectivity index (χ1v) is 11.3. The maximum atomic E-state index is 13.3. The molecule has 4 rings (SSSR count). The first kappa shape index (κ1) is 26.8. The molecule has 3 aromatic heterocycles. The fraction of sp³-hybridized carbons (Fsp3) is 0.118. The molecule has 1 aromatic carbocycles. The zero-order chi connectivity index (χ0) is 27.1. The van der Waals surface area contributed by atoms with Gasteiger partial charge in [-0.25, -0.2) is 27.9 Å². The number of carboxylic acid groups (broad SMARTS) is 1. The summed E-state index contributed by atoms with van der Waals surface area (Å²) < 4.78 is 98.6. The first-order valence-electron chi connectivity index (χ1n) is 8.97. The summed E-state index contributed by atoms with van der Waals surface area (Å²) in [6.45, 7) is 0. The number of fused-ring (bicyclic) bond motifs is 1. The largest absolute Gasteiger partial charge is 0.477 e. The van der Waals surface area contributed by atoms with E-state index >= 15 is 0 Å². The normalized spacial score (nSPS) is 12.3. The predicted octanol–water partition coefficient (Wildman–Crippen LogP) is 2.90. The zero-order valence-electron chi connectivity index (χ0n) is 17.1. The summed E-state index contributed by atoms with van der Waals surface area (Å²) in [4.78, 5) is 15.0. The van der Waals surface area contributed by atoms with Gasteiger partial charge in [0.2, 0.25) is 9.47 Å². The molecule has 0 radical (unpaired) electrons. The predicted molar refractivity (Wildman–Crippen MR) is 111 cm³/mol. The van der Waals surface area contributed by atoms with Gasteiger partial charge in [-0.15, -0.1) is 10.2 Å². The lowest BCUT2D eigenvalue weighted by Gasteiger charge is -2.12. The van der Waals surface area contributed by atoms with E-state index in [-0.39, 0.29) is 20.7 Å². The van der Waals surface area contributed by atoms with Gasteiger partial charge in [-0.2, -0.15) is 31.4 Å². The Hall–Kier alpha value is -3.84. The van der Waals surface area contributed by atoms with Crippen molar-refractivity contribution in [2.45, 2.75) is 16.7 Å². The molecule has 0 unspecified atom stereocenters. The highest BCUT2D eigenvalue weighted by atomic mass is 32.2. The molecule has 19 heteroatoms. The molecule has 4 aromatic rings. The number of hydrogen-bond donors (Lipinski definition) is 3. The van der Waals surface area contributed by atoms with Crippen LogP contribution in [-0.4, -0.2) is 44.3 Å². The number of carboxylic acids is 1. The Morgan fingerprint density at radius 2 is 1.64 bits per heavy atom. The molecule has 0 saturated carbocycles. The van der Waals surface area contributed by atoms with Crippen molar-refractivity contribution in [3.8, 4) is 11.3 Å². The third-order valence-corrected chi connectivity index (χ3v) is 6.23. The summed E-state index contributed by atoms with van der Waals surface area (Å²) in [6.07, 6.45) is -8.77. The van der Waals surface area contributed by atoms with Gasteiger partial charge in [0.25, 0.3) is 10.0 Å². The molecule has 3 heterocycles. The third-order valence-electron chi connectivity index (χ3n) is 4.17. The number of nitrogens with two attached hydrogens (primary N) is 2. The number of benzene rings is 1. The smallest absolute Gasteiger partial charge is 0.433 e. The van der Waals surface area contributed by atoms with Crippen molar-refractivity contribution in [2.24, 2.45) is 5.14 Å². The molecule has 0 fully saturated rings. The molecule has 0 atom stereocenters. The van der Waals surface area contributed by atoms with Crippen molar-refractivity contribution in [1.82, 2.24) is 24.8 Å². The summed E-state index contributed by atoms with van der Waals surface area (Å²) in [6, 6.07) is 3.90. The van der Waals surface area contributed by atoms with E-state index in [0.29, 0.717) is 22.7 Å². The summed E-state index contributed by atoms with van der Waals surface area (Å²) in [5.41, 5.74) is 1.32. The molecule has 11 nitrogen and oxygen atoms in total. The molecular weight excluding hydrogens is 544 g/mol. The second-order valence-electron chi connectivity index (χ2n) is 6.65. The number of hydrogen-bond acceptors (Lipinski definition) is 9. The quantitative estimate of drug-likeness (QED) is 0.320. The van der Waals surface area contributed by atoms with Crippen LogP contribution in [0.25, 0.3) is 16.9 Å². The van der Waals surface area contributed by atoms with Gasteiger partial charge in [-0.3, -0.25) is 0 Å². The van der Waals surface area contributed by atoms with Crippen molar-refractivity contribution in [2.75, 3.05) is 5.73 Å². The molecule has 0 aliphatic carbocycles. The van der Waals surface area contributed by atoms with Gasteiger partial charge in [-0.1, -0.05) is 23.5 Å². The number of nitrogen functional groups attached to an aromatic ring is 1. The van der Waals surface area contributed by atoms with Gasteiger partial charge in [0, 0.05) is 5.56 Å². The van der Waals surface area contributed by atoms with Crippen LogP contribution >= 0.6 is 11.3 Å². The van der Waals surface area contributed by atoms with Crippen LogP contribution in [0.4, 0.5) is 31.5 Å². The van der Waals surface area contributed by atoms with Gasteiger partial charge in [-0.05, 0) is 18.2 Å². The van der Waals surface area contributed by atoms with Crippen LogP contribution in [0, 0.1) is 0 Å². The fourth-order valence-corrected chi connectivity index (χ4v) is 3.85. The average Bonchev–Trinajstić information content (AvgIpc) is 3.38. The lowest BCUT2D eigenvalue weighted by molar-refractivity contribution is -0.142. The molecule has 0 aliphatic rings. The number of aromatic nitrogens is 5. The Balaban J connectivity index is 0.000000303. The van der Waals surface area contributed by atoms with E-state index in [0.717, 1.165) is 29.7 Å². The van der Waals surface area contributed by atoms with Crippen molar-refractivity contribution < 1.29 is 44.7 Å². The van der Waals surface area contributed by atoms with E-state index in [1.165, 1.54) is 0 Å². The van der Waals surface area contributed by atoms with Crippen LogP contribution in [0.3, 0.4) is 0 Å². The number of sulfonamides is 1. The molecule has 0 bridgehead atoms. The molecule has 36 heavy (non-hydrogen) atoms. The number of halogens is 6. The number of alkyl halides is 6. The Bertz CT molecular complexity index is 1530. The Morgan fingerprint density at radius 3 is 2.06 bits per heavy atom. The molecule has 0 amide bonds.